The van der Waals surface area contributed by atoms with E-state index in [0.717, 1.165) is 41.5 Å². The van der Waals surface area contributed by atoms with Crippen molar-refractivity contribution in [2.75, 3.05) is 6.54 Å². The fourth-order valence-corrected chi connectivity index (χ4v) is 6.17. The Labute approximate surface area is 201 Å². The number of rotatable bonds is 11. The molecule has 0 aliphatic carbocycles. The molecule has 0 unspecified atom stereocenters. The standard InChI is InChI=1S/C29H39NO2S/c1-7-8-9-10-14-19-28(23(2)3)30(20-15-18-27-16-12-11-13-17-27)33(31,32)29-25(5)21-24(4)22-26(29)6/h10-13,15-19,21-23,28H,7-9,20H2,1-6H3/b18-15+/t14?,28-/m1/s1. The third-order valence-corrected chi connectivity index (χ3v) is 7.84. The highest BCUT2D eigenvalue weighted by Gasteiger charge is 2.33. The Balaban J connectivity index is 2.52. The Morgan fingerprint density at radius 3 is 2.24 bits per heavy atom. The number of unbranched alkanes of at least 4 members (excludes halogenated alkanes) is 2. The van der Waals surface area contributed by atoms with Crippen LogP contribution in [0.1, 0.15) is 62.3 Å². The molecule has 0 fully saturated rings. The highest BCUT2D eigenvalue weighted by molar-refractivity contribution is 7.89. The summed E-state index contributed by atoms with van der Waals surface area (Å²) in [6, 6.07) is 13.6. The first kappa shape index (κ1) is 26.9. The fourth-order valence-electron chi connectivity index (χ4n) is 4.09. The van der Waals surface area contributed by atoms with E-state index in [1.54, 1.807) is 4.31 Å². The van der Waals surface area contributed by atoms with Gasteiger partial charge in [-0.15, -0.1) is 5.73 Å². The maximum Gasteiger partial charge on any atom is 0.244 e. The van der Waals surface area contributed by atoms with Crippen LogP contribution in [0.5, 0.6) is 0 Å². The fraction of sp³-hybridized carbons (Fsp3) is 0.414. The van der Waals surface area contributed by atoms with Crippen molar-refractivity contribution in [2.24, 2.45) is 5.92 Å². The van der Waals surface area contributed by atoms with E-state index in [2.05, 4.69) is 26.5 Å². The zero-order valence-corrected chi connectivity index (χ0v) is 21.8. The van der Waals surface area contributed by atoms with Gasteiger partial charge in [-0.05, 0) is 68.4 Å². The second kappa shape index (κ2) is 12.7. The monoisotopic (exact) mass is 465 g/mol. The Bertz CT molecular complexity index is 1070. The van der Waals surface area contributed by atoms with Crippen LogP contribution in [0.15, 0.2) is 71.3 Å². The molecule has 0 saturated heterocycles. The van der Waals surface area contributed by atoms with Crippen LogP contribution >= 0.6 is 0 Å². The van der Waals surface area contributed by atoms with Crippen LogP contribution in [0.4, 0.5) is 0 Å². The lowest BCUT2D eigenvalue weighted by molar-refractivity contribution is 0.324. The van der Waals surface area contributed by atoms with Crippen molar-refractivity contribution in [3.8, 4) is 0 Å². The molecule has 0 radical (unpaired) electrons. The van der Waals surface area contributed by atoms with E-state index in [1.807, 2.05) is 87.5 Å². The van der Waals surface area contributed by atoms with Gasteiger partial charge in [-0.1, -0.05) is 87.4 Å². The SMILES string of the molecule is CCCCC=C=C[C@H](C(C)C)N(C/C=C/c1ccccc1)S(=O)(=O)c1c(C)cc(C)cc1C. The predicted molar refractivity (Wildman–Crippen MR) is 141 cm³/mol. The molecule has 0 aromatic heterocycles. The second-order valence-electron chi connectivity index (χ2n) is 9.03. The van der Waals surface area contributed by atoms with Gasteiger partial charge in [0, 0.05) is 6.54 Å². The summed E-state index contributed by atoms with van der Waals surface area (Å²) in [5, 5.41) is 0. The van der Waals surface area contributed by atoms with Crippen LogP contribution < -0.4 is 0 Å². The lowest BCUT2D eigenvalue weighted by Gasteiger charge is -2.31. The molecule has 33 heavy (non-hydrogen) atoms. The lowest BCUT2D eigenvalue weighted by Crippen LogP contribution is -2.42. The highest BCUT2D eigenvalue weighted by atomic mass is 32.2. The zero-order chi connectivity index (χ0) is 24.4. The normalized spacial score (nSPS) is 12.8. The van der Waals surface area contributed by atoms with Crippen LogP contribution in [0, 0.1) is 26.7 Å². The van der Waals surface area contributed by atoms with Gasteiger partial charge in [0.25, 0.3) is 0 Å². The Morgan fingerprint density at radius 1 is 1.03 bits per heavy atom. The number of sulfonamides is 1. The van der Waals surface area contributed by atoms with Gasteiger partial charge < -0.3 is 0 Å². The Morgan fingerprint density at radius 2 is 1.67 bits per heavy atom. The van der Waals surface area contributed by atoms with Gasteiger partial charge in [-0.25, -0.2) is 8.42 Å². The molecule has 0 heterocycles. The molecule has 0 saturated carbocycles. The van der Waals surface area contributed by atoms with Crippen LogP contribution in [-0.2, 0) is 10.0 Å². The maximum absolute atomic E-state index is 14.0. The second-order valence-corrected chi connectivity index (χ2v) is 10.9. The van der Waals surface area contributed by atoms with Crippen molar-refractivity contribution in [1.29, 1.82) is 0 Å². The first-order chi connectivity index (χ1) is 15.7. The van der Waals surface area contributed by atoms with Gasteiger partial charge in [0.1, 0.15) is 0 Å². The molecule has 1 atom stereocenters. The molecule has 0 N–H and O–H groups in total. The summed E-state index contributed by atoms with van der Waals surface area (Å²) in [6.45, 7) is 12.3. The van der Waals surface area contributed by atoms with Crippen LogP contribution in [0.25, 0.3) is 6.08 Å². The number of aryl methyl sites for hydroxylation is 3. The summed E-state index contributed by atoms with van der Waals surface area (Å²) in [5.41, 5.74) is 6.96. The molecule has 0 bridgehead atoms. The Kier molecular flexibility index (Phi) is 10.4. The van der Waals surface area contributed by atoms with Gasteiger partial charge in [0.05, 0.1) is 10.9 Å². The van der Waals surface area contributed by atoms with Crippen molar-refractivity contribution in [3.63, 3.8) is 0 Å². The third-order valence-electron chi connectivity index (χ3n) is 5.67. The molecule has 0 aliphatic heterocycles. The summed E-state index contributed by atoms with van der Waals surface area (Å²) in [5.74, 6) is 0.100. The molecule has 0 spiro atoms. The predicted octanol–water partition coefficient (Wildman–Crippen LogP) is 7.24. The summed E-state index contributed by atoms with van der Waals surface area (Å²) in [4.78, 5) is 0.412. The molecule has 0 amide bonds. The average Bonchev–Trinajstić information content (AvgIpc) is 2.74. The van der Waals surface area contributed by atoms with E-state index in [9.17, 15) is 8.42 Å². The quantitative estimate of drug-likeness (QED) is 0.259. The first-order valence-electron chi connectivity index (χ1n) is 11.9. The molecule has 178 valence electrons. The lowest BCUT2D eigenvalue weighted by atomic mass is 10.0. The largest absolute Gasteiger partial charge is 0.244 e. The molecule has 2 aromatic rings. The van der Waals surface area contributed by atoms with E-state index in [-0.39, 0.29) is 12.0 Å². The van der Waals surface area contributed by atoms with Crippen molar-refractivity contribution >= 4 is 16.1 Å². The van der Waals surface area contributed by atoms with Crippen molar-refractivity contribution in [3.05, 3.63) is 88.7 Å². The number of hydrogen-bond donors (Lipinski definition) is 0. The zero-order valence-electron chi connectivity index (χ0n) is 21.0. The van der Waals surface area contributed by atoms with E-state index < -0.39 is 10.0 Å². The van der Waals surface area contributed by atoms with E-state index in [4.69, 9.17) is 0 Å². The van der Waals surface area contributed by atoms with Crippen molar-refractivity contribution in [2.45, 2.75) is 71.7 Å². The minimum absolute atomic E-state index is 0.100. The smallest absolute Gasteiger partial charge is 0.207 e. The summed E-state index contributed by atoms with van der Waals surface area (Å²) in [6.07, 6.45) is 11.1. The van der Waals surface area contributed by atoms with E-state index >= 15 is 0 Å². The molecular weight excluding hydrogens is 426 g/mol. The van der Waals surface area contributed by atoms with Crippen LogP contribution in [0.2, 0.25) is 0 Å². The van der Waals surface area contributed by atoms with Crippen LogP contribution in [-0.4, -0.2) is 25.3 Å². The topological polar surface area (TPSA) is 37.4 Å². The minimum atomic E-state index is -3.73. The van der Waals surface area contributed by atoms with Gasteiger partial charge in [0.2, 0.25) is 10.0 Å². The first-order valence-corrected chi connectivity index (χ1v) is 13.3. The maximum atomic E-state index is 14.0. The van der Waals surface area contributed by atoms with Gasteiger partial charge in [-0.2, -0.15) is 4.31 Å². The van der Waals surface area contributed by atoms with Crippen molar-refractivity contribution < 1.29 is 8.42 Å². The van der Waals surface area contributed by atoms with Crippen LogP contribution in [0.3, 0.4) is 0 Å². The summed E-state index contributed by atoms with van der Waals surface area (Å²) < 4.78 is 29.7. The third kappa shape index (κ3) is 7.57. The molecule has 2 aromatic carbocycles. The average molecular weight is 466 g/mol. The number of hydrogen-bond acceptors (Lipinski definition) is 2. The van der Waals surface area contributed by atoms with E-state index in [1.165, 1.54) is 0 Å². The van der Waals surface area contributed by atoms with Gasteiger partial charge in [0.15, 0.2) is 0 Å². The van der Waals surface area contributed by atoms with Crippen molar-refractivity contribution in [1.82, 2.24) is 4.31 Å². The molecule has 4 heteroatoms. The van der Waals surface area contributed by atoms with Gasteiger partial charge >= 0.3 is 0 Å². The van der Waals surface area contributed by atoms with E-state index in [0.29, 0.717) is 11.4 Å². The van der Waals surface area contributed by atoms with Gasteiger partial charge in [-0.3, -0.25) is 0 Å². The Hall–Kier alpha value is -2.39. The molecular formula is C29H39NO2S. The summed E-state index contributed by atoms with van der Waals surface area (Å²) >= 11 is 0. The number of benzene rings is 2. The molecule has 0 aliphatic rings. The highest BCUT2D eigenvalue weighted by Crippen LogP contribution is 2.29. The molecule has 3 nitrogen and oxygen atoms in total. The number of nitrogens with zero attached hydrogens (tertiary/aromatic N) is 1. The summed E-state index contributed by atoms with van der Waals surface area (Å²) in [7, 11) is -3.73. The minimum Gasteiger partial charge on any atom is -0.207 e. The molecule has 2 rings (SSSR count).